The summed E-state index contributed by atoms with van der Waals surface area (Å²) in [7, 11) is 4.07. The number of nitrogens with one attached hydrogen (secondary N) is 1. The average molecular weight is 297 g/mol. The lowest BCUT2D eigenvalue weighted by Crippen LogP contribution is -2.18. The minimum atomic E-state index is 0.836. The van der Waals surface area contributed by atoms with Crippen LogP contribution in [0.3, 0.4) is 0 Å². The second kappa shape index (κ2) is 6.24. The van der Waals surface area contributed by atoms with Crippen LogP contribution in [0.4, 0.5) is 5.82 Å². The van der Waals surface area contributed by atoms with E-state index in [0.717, 1.165) is 18.9 Å². The Morgan fingerprint density at radius 1 is 1.14 bits per heavy atom. The molecule has 3 aromatic rings. The summed E-state index contributed by atoms with van der Waals surface area (Å²) >= 11 is 1.78. The first-order valence-corrected chi connectivity index (χ1v) is 7.92. The van der Waals surface area contributed by atoms with Gasteiger partial charge in [-0.25, -0.2) is 4.98 Å². The molecule has 0 aliphatic rings. The highest BCUT2D eigenvalue weighted by molar-refractivity contribution is 7.09. The van der Waals surface area contributed by atoms with Crippen molar-refractivity contribution in [1.29, 1.82) is 0 Å². The molecule has 0 fully saturated rings. The zero-order valence-corrected chi connectivity index (χ0v) is 13.2. The number of anilines is 1. The number of hydrogen-bond donors (Lipinski definition) is 1. The fraction of sp³-hybridized carbons (Fsp3) is 0.235. The molecular weight excluding hydrogens is 278 g/mol. The summed E-state index contributed by atoms with van der Waals surface area (Å²) in [6, 6.07) is 12.8. The number of nitrogens with zero attached hydrogens (tertiary/aromatic N) is 2. The van der Waals surface area contributed by atoms with E-state index in [1.54, 1.807) is 11.3 Å². The summed E-state index contributed by atoms with van der Waals surface area (Å²) in [4.78, 5) is 8.27. The van der Waals surface area contributed by atoms with Crippen molar-refractivity contribution in [1.82, 2.24) is 10.3 Å². The molecule has 1 N–H and O–H groups in total. The average Bonchev–Trinajstić information content (AvgIpc) is 3.00. The van der Waals surface area contributed by atoms with Gasteiger partial charge in [0.05, 0.1) is 6.54 Å². The van der Waals surface area contributed by atoms with E-state index < -0.39 is 0 Å². The van der Waals surface area contributed by atoms with Gasteiger partial charge < -0.3 is 10.2 Å². The van der Waals surface area contributed by atoms with Crippen LogP contribution in [0.25, 0.3) is 10.8 Å². The second-order valence-corrected chi connectivity index (χ2v) is 6.15. The standard InChI is InChI=1S/C17H19N3S/c1-18-10-13-11-19-17(16-8-4-3-7-15(13)16)20(2)12-14-6-5-9-21-14/h3-9,11,18H,10,12H2,1-2H3. The highest BCUT2D eigenvalue weighted by atomic mass is 32.1. The monoisotopic (exact) mass is 297 g/mol. The van der Waals surface area contributed by atoms with Gasteiger partial charge in [-0.3, -0.25) is 0 Å². The summed E-state index contributed by atoms with van der Waals surface area (Å²) in [6.45, 7) is 1.72. The topological polar surface area (TPSA) is 28.2 Å². The molecule has 0 saturated heterocycles. The normalized spacial score (nSPS) is 11.0. The fourth-order valence-electron chi connectivity index (χ4n) is 2.58. The first-order valence-electron chi connectivity index (χ1n) is 7.04. The number of thiophene rings is 1. The molecule has 3 rings (SSSR count). The first-order chi connectivity index (χ1) is 10.3. The van der Waals surface area contributed by atoms with Gasteiger partial charge in [0.1, 0.15) is 5.82 Å². The van der Waals surface area contributed by atoms with Crippen molar-refractivity contribution >= 4 is 27.9 Å². The minimum absolute atomic E-state index is 0.836. The van der Waals surface area contributed by atoms with Crippen LogP contribution in [0.2, 0.25) is 0 Å². The van der Waals surface area contributed by atoms with Crippen LogP contribution >= 0.6 is 11.3 Å². The van der Waals surface area contributed by atoms with Crippen LogP contribution in [0.5, 0.6) is 0 Å². The number of fused-ring (bicyclic) bond motifs is 1. The molecule has 0 spiro atoms. The third kappa shape index (κ3) is 2.91. The summed E-state index contributed by atoms with van der Waals surface area (Å²) < 4.78 is 0. The molecule has 0 aliphatic carbocycles. The second-order valence-electron chi connectivity index (χ2n) is 5.12. The van der Waals surface area contributed by atoms with Crippen LogP contribution in [-0.4, -0.2) is 19.1 Å². The van der Waals surface area contributed by atoms with Gasteiger partial charge in [0.2, 0.25) is 0 Å². The number of aromatic nitrogens is 1. The number of benzene rings is 1. The van der Waals surface area contributed by atoms with Crippen molar-refractivity contribution in [3.05, 3.63) is 58.4 Å². The van der Waals surface area contributed by atoms with E-state index in [-0.39, 0.29) is 0 Å². The van der Waals surface area contributed by atoms with E-state index >= 15 is 0 Å². The predicted octanol–water partition coefficient (Wildman–Crippen LogP) is 3.65. The van der Waals surface area contributed by atoms with Gasteiger partial charge in [0.25, 0.3) is 0 Å². The molecule has 0 aliphatic heterocycles. The molecule has 0 atom stereocenters. The highest BCUT2D eigenvalue weighted by Crippen LogP contribution is 2.27. The number of hydrogen-bond acceptors (Lipinski definition) is 4. The summed E-state index contributed by atoms with van der Waals surface area (Å²) in [6.07, 6.45) is 1.99. The molecule has 2 aromatic heterocycles. The predicted molar refractivity (Wildman–Crippen MR) is 90.9 cm³/mol. The van der Waals surface area contributed by atoms with Crippen molar-refractivity contribution < 1.29 is 0 Å². The Balaban J connectivity index is 2.00. The Labute approximate surface area is 129 Å². The van der Waals surface area contributed by atoms with Gasteiger partial charge >= 0.3 is 0 Å². The summed E-state index contributed by atoms with van der Waals surface area (Å²) in [5.74, 6) is 1.04. The van der Waals surface area contributed by atoms with Crippen molar-refractivity contribution in [2.75, 3.05) is 19.0 Å². The van der Waals surface area contributed by atoms with Gasteiger partial charge in [-0.1, -0.05) is 30.3 Å². The molecule has 4 heteroatoms. The van der Waals surface area contributed by atoms with E-state index in [4.69, 9.17) is 4.98 Å². The van der Waals surface area contributed by atoms with Crippen LogP contribution in [0.1, 0.15) is 10.4 Å². The van der Waals surface area contributed by atoms with E-state index in [1.807, 2.05) is 13.2 Å². The zero-order valence-electron chi connectivity index (χ0n) is 12.3. The summed E-state index contributed by atoms with van der Waals surface area (Å²) in [5.41, 5.74) is 1.24. The largest absolute Gasteiger partial charge is 0.354 e. The van der Waals surface area contributed by atoms with Crippen molar-refractivity contribution in [2.24, 2.45) is 0 Å². The molecule has 2 heterocycles. The van der Waals surface area contributed by atoms with Crippen molar-refractivity contribution in [3.63, 3.8) is 0 Å². The Hall–Kier alpha value is -1.91. The molecule has 21 heavy (non-hydrogen) atoms. The lowest BCUT2D eigenvalue weighted by molar-refractivity contribution is 0.818. The fourth-order valence-corrected chi connectivity index (χ4v) is 3.34. The lowest BCUT2D eigenvalue weighted by Gasteiger charge is -2.20. The quantitative estimate of drug-likeness (QED) is 0.779. The van der Waals surface area contributed by atoms with Crippen LogP contribution < -0.4 is 10.2 Å². The van der Waals surface area contributed by atoms with E-state index in [2.05, 4.69) is 59.0 Å². The van der Waals surface area contributed by atoms with Gasteiger partial charge in [-0.15, -0.1) is 11.3 Å². The molecule has 1 aromatic carbocycles. The Kier molecular flexibility index (Phi) is 4.18. The van der Waals surface area contributed by atoms with Gasteiger partial charge in [0.15, 0.2) is 0 Å². The van der Waals surface area contributed by atoms with Crippen molar-refractivity contribution in [3.8, 4) is 0 Å². The van der Waals surface area contributed by atoms with Gasteiger partial charge in [-0.05, 0) is 29.4 Å². The molecular formula is C17H19N3S. The van der Waals surface area contributed by atoms with Gasteiger partial charge in [-0.2, -0.15) is 0 Å². The highest BCUT2D eigenvalue weighted by Gasteiger charge is 2.11. The zero-order chi connectivity index (χ0) is 14.7. The minimum Gasteiger partial charge on any atom is -0.354 e. The maximum absolute atomic E-state index is 4.70. The molecule has 3 nitrogen and oxygen atoms in total. The smallest absolute Gasteiger partial charge is 0.136 e. The van der Waals surface area contributed by atoms with Crippen LogP contribution in [-0.2, 0) is 13.1 Å². The van der Waals surface area contributed by atoms with Crippen molar-refractivity contribution in [2.45, 2.75) is 13.1 Å². The third-order valence-corrected chi connectivity index (χ3v) is 4.42. The SMILES string of the molecule is CNCc1cnc(N(C)Cc2cccs2)c2ccccc12. The molecule has 0 saturated carbocycles. The Morgan fingerprint density at radius 2 is 1.95 bits per heavy atom. The van der Waals surface area contributed by atoms with E-state index in [9.17, 15) is 0 Å². The number of rotatable bonds is 5. The lowest BCUT2D eigenvalue weighted by atomic mass is 10.1. The molecule has 108 valence electrons. The Morgan fingerprint density at radius 3 is 2.67 bits per heavy atom. The van der Waals surface area contributed by atoms with E-state index in [1.165, 1.54) is 21.2 Å². The first kappa shape index (κ1) is 14.0. The maximum atomic E-state index is 4.70. The molecule has 0 unspecified atom stereocenters. The Bertz CT molecular complexity index is 722. The van der Waals surface area contributed by atoms with Crippen LogP contribution in [0.15, 0.2) is 48.0 Å². The molecule has 0 bridgehead atoms. The van der Waals surface area contributed by atoms with E-state index in [0.29, 0.717) is 0 Å². The molecule has 0 amide bonds. The number of pyridine rings is 1. The summed E-state index contributed by atoms with van der Waals surface area (Å²) in [5, 5.41) is 7.81. The molecule has 0 radical (unpaired) electrons. The van der Waals surface area contributed by atoms with Gasteiger partial charge in [0, 0.05) is 30.1 Å². The maximum Gasteiger partial charge on any atom is 0.136 e. The third-order valence-electron chi connectivity index (χ3n) is 3.56. The van der Waals surface area contributed by atoms with Crippen LogP contribution in [0, 0.1) is 0 Å².